The van der Waals surface area contributed by atoms with E-state index in [-0.39, 0.29) is 0 Å². The summed E-state index contributed by atoms with van der Waals surface area (Å²) in [4.78, 5) is 20.6. The Balaban J connectivity index is 2.38. The van der Waals surface area contributed by atoms with E-state index in [0.717, 1.165) is 5.56 Å². The van der Waals surface area contributed by atoms with E-state index in [4.69, 9.17) is 0 Å². The highest BCUT2D eigenvalue weighted by Crippen LogP contribution is 2.13. The molecule has 0 fully saturated rings. The molecule has 0 atom stereocenters. The molecule has 0 unspecified atom stereocenters. The van der Waals surface area contributed by atoms with Crippen molar-refractivity contribution in [1.82, 2.24) is 13.9 Å². The van der Waals surface area contributed by atoms with Gasteiger partial charge in [-0.15, -0.1) is 0 Å². The number of aromatic nitrogens is 2. The van der Waals surface area contributed by atoms with Crippen LogP contribution < -0.4 is 5.69 Å². The zero-order chi connectivity index (χ0) is 17.9. The van der Waals surface area contributed by atoms with Crippen LogP contribution in [0.2, 0.25) is 0 Å². The molecule has 2 rings (SSSR count). The van der Waals surface area contributed by atoms with Gasteiger partial charge < -0.3 is 4.90 Å². The Hall–Kier alpha value is -2.55. The second-order valence-corrected chi connectivity index (χ2v) is 7.29. The van der Waals surface area contributed by atoms with Crippen molar-refractivity contribution in [2.75, 3.05) is 14.1 Å². The summed E-state index contributed by atoms with van der Waals surface area (Å²) in [7, 11) is -0.765. The van der Waals surface area contributed by atoms with E-state index in [2.05, 4.69) is 9.98 Å². The first-order valence-corrected chi connectivity index (χ1v) is 8.58. The second kappa shape index (κ2) is 6.91. The van der Waals surface area contributed by atoms with Crippen molar-refractivity contribution in [3.8, 4) is 0 Å². The fraction of sp³-hybridized carbons (Fsp3) is 0.267. The minimum atomic E-state index is -4.09. The maximum Gasteiger partial charge on any atom is 0.363 e. The van der Waals surface area contributed by atoms with Gasteiger partial charge in [-0.3, -0.25) is 0 Å². The largest absolute Gasteiger partial charge is 0.369 e. The molecule has 1 aromatic heterocycles. The minimum absolute atomic E-state index is 0.302. The van der Waals surface area contributed by atoms with Gasteiger partial charge in [0.25, 0.3) is 0 Å². The topological polar surface area (TPSA) is 84.6 Å². The van der Waals surface area contributed by atoms with Crippen molar-refractivity contribution >= 4 is 22.2 Å². The molecule has 0 N–H and O–H groups in total. The van der Waals surface area contributed by atoms with Crippen molar-refractivity contribution < 1.29 is 12.8 Å². The molecule has 0 spiro atoms. The molecule has 9 heteroatoms. The smallest absolute Gasteiger partial charge is 0.363 e. The van der Waals surface area contributed by atoms with E-state index in [1.54, 1.807) is 38.4 Å². The number of halogens is 1. The SMILES string of the molecule is Cc1ccc(CS(=O)(=O)n2cc(F)c(/N=C/N(C)C)nc2=O)cc1. The summed E-state index contributed by atoms with van der Waals surface area (Å²) >= 11 is 0. The summed E-state index contributed by atoms with van der Waals surface area (Å²) in [6.07, 6.45) is 1.86. The van der Waals surface area contributed by atoms with E-state index in [0.29, 0.717) is 15.7 Å². The Morgan fingerprint density at radius 1 is 1.29 bits per heavy atom. The van der Waals surface area contributed by atoms with E-state index < -0.39 is 33.1 Å². The molecule has 0 aliphatic carbocycles. The van der Waals surface area contributed by atoms with E-state index in [9.17, 15) is 17.6 Å². The Labute approximate surface area is 139 Å². The molecule has 0 bridgehead atoms. The molecular formula is C15H17FN4O3S. The summed E-state index contributed by atoms with van der Waals surface area (Å²) in [5.74, 6) is -1.90. The lowest BCUT2D eigenvalue weighted by Crippen LogP contribution is -2.30. The van der Waals surface area contributed by atoms with Gasteiger partial charge in [-0.05, 0) is 12.5 Å². The first-order valence-electron chi connectivity index (χ1n) is 6.97. The van der Waals surface area contributed by atoms with Crippen LogP contribution in [0.25, 0.3) is 0 Å². The van der Waals surface area contributed by atoms with Gasteiger partial charge in [0, 0.05) is 14.1 Å². The van der Waals surface area contributed by atoms with E-state index in [1.165, 1.54) is 11.2 Å². The number of nitrogens with zero attached hydrogens (tertiary/aromatic N) is 4. The Bertz CT molecular complexity index is 919. The lowest BCUT2D eigenvalue weighted by molar-refractivity contribution is 0.570. The lowest BCUT2D eigenvalue weighted by atomic mass is 10.2. The van der Waals surface area contributed by atoms with Gasteiger partial charge in [-0.2, -0.15) is 8.96 Å². The minimum Gasteiger partial charge on any atom is -0.369 e. The number of rotatable bonds is 5. The van der Waals surface area contributed by atoms with E-state index >= 15 is 0 Å². The highest BCUT2D eigenvalue weighted by molar-refractivity contribution is 7.89. The third-order valence-electron chi connectivity index (χ3n) is 3.01. The Morgan fingerprint density at radius 3 is 2.50 bits per heavy atom. The van der Waals surface area contributed by atoms with Gasteiger partial charge in [0.1, 0.15) is 0 Å². The van der Waals surface area contributed by atoms with Crippen molar-refractivity contribution in [3.05, 3.63) is 57.9 Å². The van der Waals surface area contributed by atoms with Gasteiger partial charge in [0.15, 0.2) is 11.6 Å². The zero-order valence-corrected chi connectivity index (χ0v) is 14.3. The molecular weight excluding hydrogens is 335 g/mol. The fourth-order valence-corrected chi connectivity index (χ4v) is 3.12. The molecule has 0 saturated heterocycles. The van der Waals surface area contributed by atoms with Gasteiger partial charge in [0.2, 0.25) is 10.0 Å². The molecule has 0 saturated carbocycles. The van der Waals surface area contributed by atoms with Gasteiger partial charge >= 0.3 is 5.69 Å². The molecule has 7 nitrogen and oxygen atoms in total. The average molecular weight is 352 g/mol. The molecule has 0 amide bonds. The number of hydrogen-bond donors (Lipinski definition) is 0. The van der Waals surface area contributed by atoms with Gasteiger partial charge in [-0.1, -0.05) is 29.8 Å². The van der Waals surface area contributed by atoms with Crippen LogP contribution in [0.5, 0.6) is 0 Å². The predicted octanol–water partition coefficient (Wildman–Crippen LogP) is 1.29. The summed E-state index contributed by atoms with van der Waals surface area (Å²) in [5, 5.41) is 0. The number of aryl methyl sites for hydroxylation is 1. The third-order valence-corrected chi connectivity index (χ3v) is 4.57. The highest BCUT2D eigenvalue weighted by Gasteiger charge is 2.19. The molecule has 24 heavy (non-hydrogen) atoms. The van der Waals surface area contributed by atoms with Gasteiger partial charge in [-0.25, -0.2) is 22.6 Å². The maximum absolute atomic E-state index is 14.0. The fourth-order valence-electron chi connectivity index (χ4n) is 1.83. The zero-order valence-electron chi connectivity index (χ0n) is 13.5. The van der Waals surface area contributed by atoms with Crippen molar-refractivity contribution in [2.45, 2.75) is 12.7 Å². The summed E-state index contributed by atoms with van der Waals surface area (Å²) in [6.45, 7) is 1.87. The lowest BCUT2D eigenvalue weighted by Gasteiger charge is -2.08. The van der Waals surface area contributed by atoms with Crippen LogP contribution in [0.15, 0.2) is 40.2 Å². The molecule has 1 aromatic carbocycles. The average Bonchev–Trinajstić information content (AvgIpc) is 2.49. The molecule has 1 heterocycles. The maximum atomic E-state index is 14.0. The van der Waals surface area contributed by atoms with Crippen molar-refractivity contribution in [2.24, 2.45) is 4.99 Å². The highest BCUT2D eigenvalue weighted by atomic mass is 32.2. The van der Waals surface area contributed by atoms with E-state index in [1.807, 2.05) is 6.92 Å². The third kappa shape index (κ3) is 4.25. The van der Waals surface area contributed by atoms with Crippen LogP contribution in [-0.4, -0.2) is 42.7 Å². The summed E-state index contributed by atoms with van der Waals surface area (Å²) < 4.78 is 39.0. The number of aliphatic imine (C=N–C) groups is 1. The molecule has 0 radical (unpaired) electrons. The van der Waals surface area contributed by atoms with Crippen LogP contribution >= 0.6 is 0 Å². The van der Waals surface area contributed by atoms with Crippen LogP contribution in [0.3, 0.4) is 0 Å². The predicted molar refractivity (Wildman–Crippen MR) is 89.5 cm³/mol. The van der Waals surface area contributed by atoms with Gasteiger partial charge in [0.05, 0.1) is 18.3 Å². The van der Waals surface area contributed by atoms with Crippen LogP contribution in [0.4, 0.5) is 10.2 Å². The number of benzene rings is 1. The first-order chi connectivity index (χ1) is 11.2. The van der Waals surface area contributed by atoms with Crippen LogP contribution in [0.1, 0.15) is 11.1 Å². The monoisotopic (exact) mass is 352 g/mol. The molecule has 2 aromatic rings. The molecule has 0 aliphatic rings. The standard InChI is InChI=1S/C15H17FN4O3S/c1-11-4-6-12(7-5-11)9-24(22,23)20-8-13(16)14(18-15(20)21)17-10-19(2)3/h4-8,10H,9H2,1-3H3/b17-10+. The van der Waals surface area contributed by atoms with Crippen molar-refractivity contribution in [3.63, 3.8) is 0 Å². The van der Waals surface area contributed by atoms with Crippen LogP contribution in [-0.2, 0) is 15.8 Å². The summed E-state index contributed by atoms with van der Waals surface area (Å²) in [5.41, 5.74) is 0.362. The molecule has 128 valence electrons. The molecule has 0 aliphatic heterocycles. The first kappa shape index (κ1) is 17.8. The normalized spacial score (nSPS) is 11.8. The second-order valence-electron chi connectivity index (χ2n) is 5.44. The summed E-state index contributed by atoms with van der Waals surface area (Å²) in [6, 6.07) is 6.78. The number of hydrogen-bond acceptors (Lipinski definition) is 5. The quantitative estimate of drug-likeness (QED) is 0.598. The van der Waals surface area contributed by atoms with Crippen LogP contribution in [0, 0.1) is 12.7 Å². The van der Waals surface area contributed by atoms with Crippen molar-refractivity contribution in [1.29, 1.82) is 0 Å². The Kier molecular flexibility index (Phi) is 5.13. The Morgan fingerprint density at radius 2 is 1.92 bits per heavy atom.